The molecule has 0 spiro atoms. The molecule has 2 N–H and O–H groups in total. The average molecular weight is 162 g/mol. The molecule has 0 aliphatic rings. The van der Waals surface area contributed by atoms with Crippen LogP contribution in [0.2, 0.25) is 0 Å². The molecule has 1 aromatic carbocycles. The molecule has 0 aliphatic heterocycles. The standard InChI is InChI=1S/C9H11BO2/c1-2-9(10(11)12)8-6-4-3-5-7-8/h2-7,11-12H,1H3. The number of rotatable bonds is 2. The lowest BCUT2D eigenvalue weighted by Gasteiger charge is -2.04. The van der Waals surface area contributed by atoms with Gasteiger partial charge in [0.25, 0.3) is 0 Å². The second kappa shape index (κ2) is 4.09. The van der Waals surface area contributed by atoms with E-state index in [1.165, 1.54) is 0 Å². The van der Waals surface area contributed by atoms with Crippen molar-refractivity contribution in [3.63, 3.8) is 0 Å². The highest BCUT2D eigenvalue weighted by atomic mass is 16.4. The Hall–Kier alpha value is -1.06. The van der Waals surface area contributed by atoms with Gasteiger partial charge < -0.3 is 10.0 Å². The van der Waals surface area contributed by atoms with Crippen LogP contribution in [-0.4, -0.2) is 17.2 Å². The van der Waals surface area contributed by atoms with Crippen LogP contribution in [0.5, 0.6) is 0 Å². The summed E-state index contributed by atoms with van der Waals surface area (Å²) in [5, 5.41) is 17.9. The van der Waals surface area contributed by atoms with Crippen molar-refractivity contribution in [3.05, 3.63) is 42.0 Å². The highest BCUT2D eigenvalue weighted by Gasteiger charge is 2.14. The molecule has 2 nitrogen and oxygen atoms in total. The predicted octanol–water partition coefficient (Wildman–Crippen LogP) is 1.10. The second-order valence-electron chi connectivity index (χ2n) is 2.48. The van der Waals surface area contributed by atoms with E-state index < -0.39 is 7.12 Å². The van der Waals surface area contributed by atoms with Crippen LogP contribution in [0.1, 0.15) is 12.5 Å². The molecule has 0 atom stereocenters. The molecule has 12 heavy (non-hydrogen) atoms. The van der Waals surface area contributed by atoms with Crippen molar-refractivity contribution < 1.29 is 10.0 Å². The van der Waals surface area contributed by atoms with Crippen molar-refractivity contribution >= 4 is 12.6 Å². The van der Waals surface area contributed by atoms with Gasteiger partial charge in [0, 0.05) is 0 Å². The molecule has 0 fully saturated rings. The molecule has 0 bridgehead atoms. The van der Waals surface area contributed by atoms with Crippen LogP contribution in [0, 0.1) is 0 Å². The van der Waals surface area contributed by atoms with Gasteiger partial charge in [-0.2, -0.15) is 0 Å². The maximum Gasteiger partial charge on any atom is 0.488 e. The summed E-state index contributed by atoms with van der Waals surface area (Å²) < 4.78 is 0. The van der Waals surface area contributed by atoms with Gasteiger partial charge in [-0.05, 0) is 18.0 Å². The zero-order valence-electron chi connectivity index (χ0n) is 6.94. The van der Waals surface area contributed by atoms with E-state index in [9.17, 15) is 0 Å². The Morgan fingerprint density at radius 3 is 2.25 bits per heavy atom. The molecular weight excluding hydrogens is 151 g/mol. The van der Waals surface area contributed by atoms with Gasteiger partial charge in [0.1, 0.15) is 0 Å². The fourth-order valence-electron chi connectivity index (χ4n) is 1.10. The highest BCUT2D eigenvalue weighted by Crippen LogP contribution is 2.13. The third-order valence-electron chi connectivity index (χ3n) is 1.70. The zero-order chi connectivity index (χ0) is 8.97. The lowest BCUT2D eigenvalue weighted by Crippen LogP contribution is -2.13. The predicted molar refractivity (Wildman–Crippen MR) is 50.3 cm³/mol. The molecule has 62 valence electrons. The Labute approximate surface area is 72.3 Å². The van der Waals surface area contributed by atoms with E-state index in [2.05, 4.69) is 0 Å². The Morgan fingerprint density at radius 2 is 1.83 bits per heavy atom. The van der Waals surface area contributed by atoms with Gasteiger partial charge in [0.2, 0.25) is 0 Å². The molecular formula is C9H11BO2. The Balaban J connectivity index is 2.97. The molecule has 0 unspecified atom stereocenters. The maximum atomic E-state index is 8.95. The van der Waals surface area contributed by atoms with Gasteiger partial charge in [-0.1, -0.05) is 36.4 Å². The first-order valence-electron chi connectivity index (χ1n) is 3.83. The SMILES string of the molecule is CC=C(B(O)O)c1ccccc1. The van der Waals surface area contributed by atoms with E-state index in [0.717, 1.165) is 5.56 Å². The highest BCUT2D eigenvalue weighted by molar-refractivity contribution is 6.65. The summed E-state index contributed by atoms with van der Waals surface area (Å²) in [4.78, 5) is 0. The van der Waals surface area contributed by atoms with Crippen molar-refractivity contribution in [2.75, 3.05) is 0 Å². The van der Waals surface area contributed by atoms with Crippen LogP contribution in [0.25, 0.3) is 5.47 Å². The van der Waals surface area contributed by atoms with Crippen molar-refractivity contribution in [1.82, 2.24) is 0 Å². The monoisotopic (exact) mass is 162 g/mol. The van der Waals surface area contributed by atoms with Crippen LogP contribution in [0.3, 0.4) is 0 Å². The summed E-state index contributed by atoms with van der Waals surface area (Å²) in [6, 6.07) is 9.30. The minimum Gasteiger partial charge on any atom is -0.423 e. The van der Waals surface area contributed by atoms with E-state index in [1.807, 2.05) is 30.3 Å². The quantitative estimate of drug-likeness (QED) is 0.639. The van der Waals surface area contributed by atoms with Crippen LogP contribution in [0.15, 0.2) is 36.4 Å². The summed E-state index contributed by atoms with van der Waals surface area (Å²) in [6.45, 7) is 1.78. The summed E-state index contributed by atoms with van der Waals surface area (Å²) in [5.41, 5.74) is 1.38. The van der Waals surface area contributed by atoms with E-state index in [1.54, 1.807) is 13.0 Å². The van der Waals surface area contributed by atoms with Gasteiger partial charge in [0.15, 0.2) is 0 Å². The first-order chi connectivity index (χ1) is 5.75. The third-order valence-corrected chi connectivity index (χ3v) is 1.70. The number of hydrogen-bond donors (Lipinski definition) is 2. The molecule has 0 aromatic heterocycles. The van der Waals surface area contributed by atoms with Crippen LogP contribution in [-0.2, 0) is 0 Å². The van der Waals surface area contributed by atoms with Gasteiger partial charge in [-0.3, -0.25) is 0 Å². The summed E-state index contributed by atoms with van der Waals surface area (Å²) in [6.07, 6.45) is 1.69. The fraction of sp³-hybridized carbons (Fsp3) is 0.111. The third kappa shape index (κ3) is 1.97. The number of allylic oxidation sites excluding steroid dienone is 1. The van der Waals surface area contributed by atoms with Gasteiger partial charge >= 0.3 is 7.12 Å². The first kappa shape index (κ1) is 9.04. The largest absolute Gasteiger partial charge is 0.488 e. The van der Waals surface area contributed by atoms with Crippen molar-refractivity contribution in [1.29, 1.82) is 0 Å². The summed E-state index contributed by atoms with van der Waals surface area (Å²) in [7, 11) is -1.39. The molecule has 1 rings (SSSR count). The molecule has 0 aliphatic carbocycles. The smallest absolute Gasteiger partial charge is 0.423 e. The van der Waals surface area contributed by atoms with E-state index in [-0.39, 0.29) is 0 Å². The van der Waals surface area contributed by atoms with E-state index in [4.69, 9.17) is 10.0 Å². The topological polar surface area (TPSA) is 40.5 Å². The van der Waals surface area contributed by atoms with Crippen LogP contribution < -0.4 is 0 Å². The van der Waals surface area contributed by atoms with Crippen molar-refractivity contribution in [2.45, 2.75) is 6.92 Å². The zero-order valence-corrected chi connectivity index (χ0v) is 6.94. The van der Waals surface area contributed by atoms with Gasteiger partial charge in [-0.25, -0.2) is 0 Å². The van der Waals surface area contributed by atoms with Gasteiger partial charge in [0.05, 0.1) is 0 Å². The van der Waals surface area contributed by atoms with Gasteiger partial charge in [-0.15, -0.1) is 0 Å². The molecule has 0 radical (unpaired) electrons. The molecule has 0 heterocycles. The van der Waals surface area contributed by atoms with E-state index >= 15 is 0 Å². The van der Waals surface area contributed by atoms with Crippen LogP contribution in [0.4, 0.5) is 0 Å². The Bertz CT molecular complexity index is 267. The second-order valence-corrected chi connectivity index (χ2v) is 2.48. The molecule has 1 aromatic rings. The summed E-state index contributed by atoms with van der Waals surface area (Å²) in [5.74, 6) is 0. The summed E-state index contributed by atoms with van der Waals surface area (Å²) >= 11 is 0. The number of benzene rings is 1. The number of hydrogen-bond acceptors (Lipinski definition) is 2. The average Bonchev–Trinajstić information content (AvgIpc) is 2.07. The maximum absolute atomic E-state index is 8.95. The lowest BCUT2D eigenvalue weighted by atomic mass is 9.75. The fourth-order valence-corrected chi connectivity index (χ4v) is 1.10. The van der Waals surface area contributed by atoms with Crippen molar-refractivity contribution in [2.24, 2.45) is 0 Å². The Kier molecular flexibility index (Phi) is 3.08. The van der Waals surface area contributed by atoms with E-state index in [0.29, 0.717) is 5.47 Å². The molecule has 3 heteroatoms. The molecule has 0 saturated carbocycles. The minimum absolute atomic E-state index is 0.538. The molecule has 0 amide bonds. The minimum atomic E-state index is -1.39. The van der Waals surface area contributed by atoms with Crippen molar-refractivity contribution in [3.8, 4) is 0 Å². The lowest BCUT2D eigenvalue weighted by molar-refractivity contribution is 0.427. The van der Waals surface area contributed by atoms with Crippen LogP contribution >= 0.6 is 0 Å². The molecule has 0 saturated heterocycles. The first-order valence-corrected chi connectivity index (χ1v) is 3.83. The Morgan fingerprint density at radius 1 is 1.25 bits per heavy atom. The normalized spacial score (nSPS) is 11.4.